The van der Waals surface area contributed by atoms with Crippen LogP contribution in [0.1, 0.15) is 38.4 Å². The maximum absolute atomic E-state index is 13.0. The van der Waals surface area contributed by atoms with E-state index in [9.17, 15) is 16.8 Å². The summed E-state index contributed by atoms with van der Waals surface area (Å²) >= 11 is 0. The molecule has 0 spiro atoms. The van der Waals surface area contributed by atoms with E-state index in [1.165, 1.54) is 0 Å². The molecule has 2 aliphatic rings. The molecule has 166 valence electrons. The van der Waals surface area contributed by atoms with E-state index in [2.05, 4.69) is 4.57 Å². The summed E-state index contributed by atoms with van der Waals surface area (Å²) in [4.78, 5) is 7.08. The molecule has 3 heterocycles. The topological polar surface area (TPSA) is 92.6 Å². The van der Waals surface area contributed by atoms with Gasteiger partial charge in [-0.2, -0.15) is 4.31 Å². The van der Waals surface area contributed by atoms with Gasteiger partial charge >= 0.3 is 0 Å². The third-order valence-electron chi connectivity index (χ3n) is 6.29. The van der Waals surface area contributed by atoms with E-state index in [0.29, 0.717) is 43.0 Å². The van der Waals surface area contributed by atoms with Crippen molar-refractivity contribution in [2.75, 3.05) is 31.6 Å². The molecular weight excluding hydrogens is 424 g/mol. The Morgan fingerprint density at radius 2 is 1.93 bits per heavy atom. The van der Waals surface area contributed by atoms with Gasteiger partial charge in [-0.3, -0.25) is 4.90 Å². The molecule has 2 aliphatic heterocycles. The first kappa shape index (κ1) is 21.7. The molecule has 0 amide bonds. The standard InChI is InChI=1S/C20H30N4O4S2/c1-3-24-19-8-7-17(30(27,28)23-10-5-4-6-11-23)13-18(19)21-20(24)14-22(2)16-9-12-29(25,26)15-16/h7-8,13,16H,3-6,9-12,14-15H2,1-2H3/t16-/m1/s1. The van der Waals surface area contributed by atoms with Crippen molar-refractivity contribution in [1.82, 2.24) is 18.8 Å². The van der Waals surface area contributed by atoms with Crippen LogP contribution in [0.25, 0.3) is 11.0 Å². The Labute approximate surface area is 178 Å². The van der Waals surface area contributed by atoms with Crippen LogP contribution in [0.15, 0.2) is 23.1 Å². The SMILES string of the molecule is CCn1c(CN(C)[C@@H]2CCS(=O)(=O)C2)nc2cc(S(=O)(=O)N3CCCCC3)ccc21. The number of hydrogen-bond acceptors (Lipinski definition) is 6. The van der Waals surface area contributed by atoms with Crippen molar-refractivity contribution in [3.63, 3.8) is 0 Å². The second kappa shape index (κ2) is 8.22. The van der Waals surface area contributed by atoms with Gasteiger partial charge in [0.05, 0.1) is 34.0 Å². The van der Waals surface area contributed by atoms with Gasteiger partial charge in [0.15, 0.2) is 9.84 Å². The maximum Gasteiger partial charge on any atom is 0.243 e. The van der Waals surface area contributed by atoms with E-state index in [1.54, 1.807) is 16.4 Å². The molecule has 0 N–H and O–H groups in total. The van der Waals surface area contributed by atoms with Crippen molar-refractivity contribution >= 4 is 30.9 Å². The van der Waals surface area contributed by atoms with Crippen molar-refractivity contribution < 1.29 is 16.8 Å². The molecule has 2 saturated heterocycles. The van der Waals surface area contributed by atoms with E-state index in [1.807, 2.05) is 24.9 Å². The lowest BCUT2D eigenvalue weighted by Crippen LogP contribution is -2.35. The first-order valence-electron chi connectivity index (χ1n) is 10.6. The monoisotopic (exact) mass is 454 g/mol. The molecule has 0 bridgehead atoms. The minimum absolute atomic E-state index is 0.00448. The fourth-order valence-corrected chi connectivity index (χ4v) is 7.87. The summed E-state index contributed by atoms with van der Waals surface area (Å²) in [7, 11) is -4.52. The van der Waals surface area contributed by atoms with Crippen LogP contribution in [-0.4, -0.2) is 73.3 Å². The molecule has 2 aromatic rings. The molecule has 10 heteroatoms. The number of aromatic nitrogens is 2. The van der Waals surface area contributed by atoms with Gasteiger partial charge < -0.3 is 4.57 Å². The number of aryl methyl sites for hydroxylation is 1. The molecule has 8 nitrogen and oxygen atoms in total. The zero-order valence-corrected chi connectivity index (χ0v) is 19.3. The number of rotatable bonds is 6. The zero-order chi connectivity index (χ0) is 21.5. The quantitative estimate of drug-likeness (QED) is 0.661. The Balaban J connectivity index is 1.62. The third kappa shape index (κ3) is 4.15. The van der Waals surface area contributed by atoms with Crippen LogP contribution < -0.4 is 0 Å². The summed E-state index contributed by atoms with van der Waals surface area (Å²) in [6, 6.07) is 5.19. The number of benzene rings is 1. The van der Waals surface area contributed by atoms with E-state index in [-0.39, 0.29) is 17.5 Å². The average molecular weight is 455 g/mol. The Hall–Kier alpha value is -1.49. The lowest BCUT2D eigenvalue weighted by molar-refractivity contribution is 0.245. The maximum atomic E-state index is 13.0. The van der Waals surface area contributed by atoms with Crippen LogP contribution in [0.4, 0.5) is 0 Å². The highest BCUT2D eigenvalue weighted by Gasteiger charge is 2.31. The van der Waals surface area contributed by atoms with Gasteiger partial charge in [0, 0.05) is 25.7 Å². The van der Waals surface area contributed by atoms with Crippen molar-refractivity contribution in [2.45, 2.75) is 56.6 Å². The normalized spacial score (nSPS) is 22.8. The lowest BCUT2D eigenvalue weighted by atomic mass is 10.2. The average Bonchev–Trinajstić information content (AvgIpc) is 3.26. The fraction of sp³-hybridized carbons (Fsp3) is 0.650. The predicted molar refractivity (Wildman–Crippen MR) is 117 cm³/mol. The second-order valence-electron chi connectivity index (χ2n) is 8.36. The first-order valence-corrected chi connectivity index (χ1v) is 13.9. The Morgan fingerprint density at radius 1 is 1.20 bits per heavy atom. The highest BCUT2D eigenvalue weighted by atomic mass is 32.2. The van der Waals surface area contributed by atoms with Gasteiger partial charge in [0.1, 0.15) is 5.82 Å². The summed E-state index contributed by atoms with van der Waals surface area (Å²) in [5, 5.41) is 0. The van der Waals surface area contributed by atoms with Crippen LogP contribution in [0.5, 0.6) is 0 Å². The van der Waals surface area contributed by atoms with E-state index >= 15 is 0 Å². The van der Waals surface area contributed by atoms with Crippen LogP contribution in [0, 0.1) is 0 Å². The van der Waals surface area contributed by atoms with Crippen molar-refractivity contribution in [2.24, 2.45) is 0 Å². The summed E-state index contributed by atoms with van der Waals surface area (Å²) < 4.78 is 53.3. The number of imidazole rings is 1. The molecule has 2 fully saturated rings. The summed E-state index contributed by atoms with van der Waals surface area (Å²) in [5.74, 6) is 1.25. The molecule has 1 aromatic carbocycles. The van der Waals surface area contributed by atoms with E-state index < -0.39 is 19.9 Å². The van der Waals surface area contributed by atoms with Crippen LogP contribution in [-0.2, 0) is 33.0 Å². The molecular formula is C20H30N4O4S2. The Bertz CT molecular complexity index is 1140. The van der Waals surface area contributed by atoms with Crippen molar-refractivity contribution in [3.05, 3.63) is 24.0 Å². The number of nitrogens with zero attached hydrogens (tertiary/aromatic N) is 4. The summed E-state index contributed by atoms with van der Waals surface area (Å²) in [5.41, 5.74) is 1.56. The fourth-order valence-electron chi connectivity index (χ4n) is 4.52. The molecule has 4 rings (SSSR count). The Kier molecular flexibility index (Phi) is 5.95. The predicted octanol–water partition coefficient (Wildman–Crippen LogP) is 1.85. The largest absolute Gasteiger partial charge is 0.327 e. The highest BCUT2D eigenvalue weighted by Crippen LogP contribution is 2.26. The van der Waals surface area contributed by atoms with Gasteiger partial charge in [0.25, 0.3) is 0 Å². The number of fused-ring (bicyclic) bond motifs is 1. The Morgan fingerprint density at radius 3 is 2.57 bits per heavy atom. The van der Waals surface area contributed by atoms with Gasteiger partial charge in [-0.05, 0) is 51.4 Å². The summed E-state index contributed by atoms with van der Waals surface area (Å²) in [6.07, 6.45) is 3.52. The zero-order valence-electron chi connectivity index (χ0n) is 17.6. The molecule has 0 radical (unpaired) electrons. The van der Waals surface area contributed by atoms with Crippen molar-refractivity contribution in [3.8, 4) is 0 Å². The number of piperidine rings is 1. The molecule has 30 heavy (non-hydrogen) atoms. The van der Waals surface area contributed by atoms with Crippen LogP contribution in [0.2, 0.25) is 0 Å². The van der Waals surface area contributed by atoms with Crippen molar-refractivity contribution in [1.29, 1.82) is 0 Å². The smallest absolute Gasteiger partial charge is 0.243 e. The van der Waals surface area contributed by atoms with Gasteiger partial charge in [0.2, 0.25) is 10.0 Å². The van der Waals surface area contributed by atoms with Gasteiger partial charge in [-0.25, -0.2) is 21.8 Å². The second-order valence-corrected chi connectivity index (χ2v) is 12.5. The molecule has 0 saturated carbocycles. The van der Waals surface area contributed by atoms with Crippen LogP contribution in [0.3, 0.4) is 0 Å². The van der Waals surface area contributed by atoms with Gasteiger partial charge in [-0.15, -0.1) is 0 Å². The minimum Gasteiger partial charge on any atom is -0.327 e. The lowest BCUT2D eigenvalue weighted by Gasteiger charge is -2.25. The highest BCUT2D eigenvalue weighted by molar-refractivity contribution is 7.91. The third-order valence-corrected chi connectivity index (χ3v) is 9.94. The van der Waals surface area contributed by atoms with E-state index in [0.717, 1.165) is 30.6 Å². The molecule has 0 unspecified atom stereocenters. The minimum atomic E-state index is -3.51. The molecule has 1 aromatic heterocycles. The van der Waals surface area contributed by atoms with Gasteiger partial charge in [-0.1, -0.05) is 6.42 Å². The number of sulfone groups is 1. The van der Waals surface area contributed by atoms with E-state index in [4.69, 9.17) is 4.98 Å². The molecule has 0 aliphatic carbocycles. The molecule has 1 atom stereocenters. The number of hydrogen-bond donors (Lipinski definition) is 0. The summed E-state index contributed by atoms with van der Waals surface area (Å²) in [6.45, 7) is 4.41. The van der Waals surface area contributed by atoms with Crippen LogP contribution >= 0.6 is 0 Å². The number of sulfonamides is 1. The first-order chi connectivity index (χ1) is 14.2.